The minimum atomic E-state index is -0.240. The average Bonchev–Trinajstić information content (AvgIpc) is 3.38. The van der Waals surface area contributed by atoms with Gasteiger partial charge in [-0.15, -0.1) is 11.3 Å². The normalized spacial score (nSPS) is 10.6. The Labute approximate surface area is 162 Å². The number of amides is 2. The fourth-order valence-electron chi connectivity index (χ4n) is 2.52. The summed E-state index contributed by atoms with van der Waals surface area (Å²) in [5.74, 6) is -0.313. The van der Waals surface area contributed by atoms with Crippen molar-refractivity contribution in [1.82, 2.24) is 20.8 Å². The zero-order valence-corrected chi connectivity index (χ0v) is 15.9. The Morgan fingerprint density at radius 2 is 1.93 bits per heavy atom. The maximum Gasteiger partial charge on any atom is 0.272 e. The summed E-state index contributed by atoms with van der Waals surface area (Å²) in [6, 6.07) is 12.9. The Hall–Kier alpha value is -2.93. The average molecular weight is 382 g/mol. The van der Waals surface area contributed by atoms with Gasteiger partial charge in [0.1, 0.15) is 0 Å². The van der Waals surface area contributed by atoms with Crippen molar-refractivity contribution < 1.29 is 9.59 Å². The predicted molar refractivity (Wildman–Crippen MR) is 107 cm³/mol. The number of hydrogen-bond donors (Lipinski definition) is 3. The molecule has 3 rings (SSSR count). The number of aromatic nitrogens is 2. The lowest BCUT2D eigenvalue weighted by Crippen LogP contribution is -2.25. The lowest BCUT2D eigenvalue weighted by molar-refractivity contribution is 0.0939. The number of carbonyl (C=O) groups excluding carboxylic acids is 2. The van der Waals surface area contributed by atoms with Crippen LogP contribution in [0.5, 0.6) is 0 Å². The van der Waals surface area contributed by atoms with Gasteiger partial charge in [-0.05, 0) is 41.6 Å². The molecular weight excluding hydrogens is 360 g/mol. The summed E-state index contributed by atoms with van der Waals surface area (Å²) in [5.41, 5.74) is 2.72. The molecule has 0 aliphatic heterocycles. The van der Waals surface area contributed by atoms with Crippen LogP contribution in [-0.2, 0) is 6.54 Å². The quantitative estimate of drug-likeness (QED) is 0.520. The molecule has 0 saturated carbocycles. The van der Waals surface area contributed by atoms with Crippen LogP contribution in [0.15, 0.2) is 47.8 Å². The third-order valence-electron chi connectivity index (χ3n) is 4.08. The van der Waals surface area contributed by atoms with Gasteiger partial charge in [-0.2, -0.15) is 5.10 Å². The van der Waals surface area contributed by atoms with Gasteiger partial charge in [0.05, 0.1) is 10.6 Å². The van der Waals surface area contributed by atoms with Crippen LogP contribution < -0.4 is 10.6 Å². The summed E-state index contributed by atoms with van der Waals surface area (Å²) in [5, 5.41) is 14.7. The van der Waals surface area contributed by atoms with Gasteiger partial charge in [0.2, 0.25) is 0 Å². The third kappa shape index (κ3) is 5.04. The van der Waals surface area contributed by atoms with E-state index in [1.807, 2.05) is 29.6 Å². The monoisotopic (exact) mass is 382 g/mol. The van der Waals surface area contributed by atoms with Crippen LogP contribution in [0.3, 0.4) is 0 Å². The largest absolute Gasteiger partial charge is 0.352 e. The lowest BCUT2D eigenvalue weighted by atomic mass is 10.1. The Morgan fingerprint density at radius 1 is 1.11 bits per heavy atom. The third-order valence-corrected chi connectivity index (χ3v) is 4.99. The Kier molecular flexibility index (Phi) is 6.38. The van der Waals surface area contributed by atoms with E-state index in [2.05, 4.69) is 27.8 Å². The molecule has 0 spiro atoms. The first-order valence-electron chi connectivity index (χ1n) is 8.92. The van der Waals surface area contributed by atoms with Gasteiger partial charge in [-0.1, -0.05) is 31.5 Å². The second kappa shape index (κ2) is 9.14. The van der Waals surface area contributed by atoms with Crippen molar-refractivity contribution in [2.75, 3.05) is 6.54 Å². The molecule has 2 heterocycles. The van der Waals surface area contributed by atoms with E-state index in [0.29, 0.717) is 24.3 Å². The maximum absolute atomic E-state index is 12.3. The van der Waals surface area contributed by atoms with Crippen LogP contribution in [0.2, 0.25) is 0 Å². The Morgan fingerprint density at radius 3 is 2.63 bits per heavy atom. The van der Waals surface area contributed by atoms with E-state index in [9.17, 15) is 9.59 Å². The van der Waals surface area contributed by atoms with Crippen LogP contribution in [0.1, 0.15) is 46.2 Å². The molecule has 7 heteroatoms. The molecular formula is C20H22N4O2S. The summed E-state index contributed by atoms with van der Waals surface area (Å²) in [7, 11) is 0. The number of nitrogens with one attached hydrogen (secondary N) is 3. The topological polar surface area (TPSA) is 86.9 Å². The van der Waals surface area contributed by atoms with E-state index in [1.165, 1.54) is 0 Å². The first-order valence-corrected chi connectivity index (χ1v) is 9.80. The number of thiophene rings is 1. The molecule has 140 valence electrons. The first kappa shape index (κ1) is 18.8. The highest BCUT2D eigenvalue weighted by Gasteiger charge is 2.12. The van der Waals surface area contributed by atoms with Crippen LogP contribution >= 0.6 is 11.3 Å². The van der Waals surface area contributed by atoms with E-state index in [-0.39, 0.29) is 11.8 Å². The molecule has 2 aromatic heterocycles. The molecule has 0 saturated heterocycles. The van der Waals surface area contributed by atoms with E-state index >= 15 is 0 Å². The summed E-state index contributed by atoms with van der Waals surface area (Å²) in [4.78, 5) is 25.3. The first-order chi connectivity index (χ1) is 13.2. The van der Waals surface area contributed by atoms with Gasteiger partial charge < -0.3 is 10.6 Å². The van der Waals surface area contributed by atoms with E-state index < -0.39 is 0 Å². The standard InChI is InChI=1S/C20H22N4O2S/c1-2-3-10-21-19(25)15-8-6-14(7-9-15)13-22-20(26)17-12-16(23-24-17)18-5-4-11-27-18/h4-9,11-12H,2-3,10,13H2,1H3,(H,21,25)(H,22,26)(H,23,24). The number of hydrogen-bond acceptors (Lipinski definition) is 4. The minimum absolute atomic E-state index is 0.0725. The molecule has 27 heavy (non-hydrogen) atoms. The molecule has 3 aromatic rings. The number of aromatic amines is 1. The van der Waals surface area contributed by atoms with Gasteiger partial charge in [0.25, 0.3) is 11.8 Å². The molecule has 1 aromatic carbocycles. The molecule has 2 amide bonds. The molecule has 0 aliphatic rings. The Balaban J connectivity index is 1.52. The van der Waals surface area contributed by atoms with Crippen LogP contribution in [0, 0.1) is 0 Å². The lowest BCUT2D eigenvalue weighted by Gasteiger charge is -2.06. The van der Waals surface area contributed by atoms with Crippen molar-refractivity contribution in [1.29, 1.82) is 0 Å². The van der Waals surface area contributed by atoms with E-state index in [1.54, 1.807) is 29.5 Å². The molecule has 0 bridgehead atoms. The van der Waals surface area contributed by atoms with Gasteiger partial charge in [-0.3, -0.25) is 14.7 Å². The van der Waals surface area contributed by atoms with Gasteiger partial charge >= 0.3 is 0 Å². The van der Waals surface area contributed by atoms with Gasteiger partial charge in [0, 0.05) is 18.7 Å². The number of carbonyl (C=O) groups is 2. The number of rotatable bonds is 8. The molecule has 0 aliphatic carbocycles. The van der Waals surface area contributed by atoms with E-state index in [4.69, 9.17) is 0 Å². The molecule has 3 N–H and O–H groups in total. The number of nitrogens with zero attached hydrogens (tertiary/aromatic N) is 1. The highest BCUT2D eigenvalue weighted by molar-refractivity contribution is 7.13. The number of benzene rings is 1. The maximum atomic E-state index is 12.3. The summed E-state index contributed by atoms with van der Waals surface area (Å²) in [6.45, 7) is 3.14. The highest BCUT2D eigenvalue weighted by Crippen LogP contribution is 2.22. The minimum Gasteiger partial charge on any atom is -0.352 e. The van der Waals surface area contributed by atoms with Crippen LogP contribution in [0.25, 0.3) is 10.6 Å². The molecule has 6 nitrogen and oxygen atoms in total. The molecule has 0 atom stereocenters. The van der Waals surface area contributed by atoms with Crippen LogP contribution in [-0.4, -0.2) is 28.6 Å². The van der Waals surface area contributed by atoms with Crippen molar-refractivity contribution in [2.24, 2.45) is 0 Å². The summed E-state index contributed by atoms with van der Waals surface area (Å²) in [6.07, 6.45) is 2.01. The van der Waals surface area contributed by atoms with Crippen LogP contribution in [0.4, 0.5) is 0 Å². The summed E-state index contributed by atoms with van der Waals surface area (Å²) < 4.78 is 0. The smallest absolute Gasteiger partial charge is 0.272 e. The van der Waals surface area contributed by atoms with Crippen molar-refractivity contribution >= 4 is 23.2 Å². The molecule has 0 unspecified atom stereocenters. The number of H-pyrrole nitrogens is 1. The summed E-state index contributed by atoms with van der Waals surface area (Å²) >= 11 is 1.59. The highest BCUT2D eigenvalue weighted by atomic mass is 32.1. The second-order valence-corrected chi connectivity index (χ2v) is 7.08. The number of unbranched alkanes of at least 4 members (excludes halogenated alkanes) is 1. The zero-order chi connectivity index (χ0) is 19.1. The van der Waals surface area contributed by atoms with Crippen molar-refractivity contribution in [3.63, 3.8) is 0 Å². The Bertz CT molecular complexity index is 885. The second-order valence-electron chi connectivity index (χ2n) is 6.13. The predicted octanol–water partition coefficient (Wildman–Crippen LogP) is 3.60. The van der Waals surface area contributed by atoms with Crippen molar-refractivity contribution in [3.05, 3.63) is 64.7 Å². The molecule has 0 radical (unpaired) electrons. The van der Waals surface area contributed by atoms with Gasteiger partial charge in [-0.25, -0.2) is 0 Å². The van der Waals surface area contributed by atoms with Gasteiger partial charge in [0.15, 0.2) is 5.69 Å². The molecule has 0 fully saturated rings. The van der Waals surface area contributed by atoms with E-state index in [0.717, 1.165) is 29.0 Å². The van der Waals surface area contributed by atoms with Crippen molar-refractivity contribution in [3.8, 4) is 10.6 Å². The zero-order valence-electron chi connectivity index (χ0n) is 15.1. The SMILES string of the molecule is CCCCNC(=O)c1ccc(CNC(=O)c2cc(-c3cccs3)[nH]n2)cc1. The fourth-order valence-corrected chi connectivity index (χ4v) is 3.22. The van der Waals surface area contributed by atoms with Crippen molar-refractivity contribution in [2.45, 2.75) is 26.3 Å². The fraction of sp³-hybridized carbons (Fsp3) is 0.250.